The smallest absolute Gasteiger partial charge is 0.234 e. The van der Waals surface area contributed by atoms with Crippen LogP contribution in [0, 0.1) is 13.8 Å². The van der Waals surface area contributed by atoms with E-state index >= 15 is 0 Å². The van der Waals surface area contributed by atoms with Gasteiger partial charge in [-0.2, -0.15) is 0 Å². The van der Waals surface area contributed by atoms with Crippen molar-refractivity contribution in [2.75, 3.05) is 25.2 Å². The zero-order chi connectivity index (χ0) is 22.4. The maximum absolute atomic E-state index is 12.7. The lowest BCUT2D eigenvalue weighted by Gasteiger charge is -2.23. The molecule has 1 atom stereocenters. The zero-order valence-electron chi connectivity index (χ0n) is 18.9. The highest BCUT2D eigenvalue weighted by molar-refractivity contribution is 7.99. The average Bonchev–Trinajstić information content (AvgIpc) is 3.12. The molecular formula is C24H31N5OS. The summed E-state index contributed by atoms with van der Waals surface area (Å²) < 4.78 is 2.14. The lowest BCUT2D eigenvalue weighted by molar-refractivity contribution is -0.113. The second kappa shape index (κ2) is 10.6. The van der Waals surface area contributed by atoms with E-state index in [0.717, 1.165) is 34.2 Å². The van der Waals surface area contributed by atoms with Crippen LogP contribution in [0.2, 0.25) is 0 Å². The van der Waals surface area contributed by atoms with E-state index in [0.29, 0.717) is 6.54 Å². The highest BCUT2D eigenvalue weighted by atomic mass is 32.2. The number of amides is 1. The second-order valence-electron chi connectivity index (χ2n) is 7.90. The van der Waals surface area contributed by atoms with Crippen LogP contribution in [0.5, 0.6) is 0 Å². The van der Waals surface area contributed by atoms with E-state index < -0.39 is 0 Å². The molecule has 0 aliphatic rings. The molecule has 6 nitrogen and oxygen atoms in total. The van der Waals surface area contributed by atoms with Crippen LogP contribution < -0.4 is 5.32 Å². The zero-order valence-corrected chi connectivity index (χ0v) is 19.7. The van der Waals surface area contributed by atoms with Gasteiger partial charge < -0.3 is 9.88 Å². The Hall–Kier alpha value is -2.64. The van der Waals surface area contributed by atoms with Crippen LogP contribution in [0.3, 0.4) is 0 Å². The summed E-state index contributed by atoms with van der Waals surface area (Å²) >= 11 is 1.42. The summed E-state index contributed by atoms with van der Waals surface area (Å²) in [5.41, 5.74) is 4.19. The lowest BCUT2D eigenvalue weighted by Crippen LogP contribution is -2.23. The van der Waals surface area contributed by atoms with Crippen molar-refractivity contribution >= 4 is 23.4 Å². The summed E-state index contributed by atoms with van der Waals surface area (Å²) in [6, 6.07) is 16.5. The molecule has 1 amide bonds. The largest absolute Gasteiger partial charge is 0.325 e. The predicted octanol–water partition coefficient (Wildman–Crippen LogP) is 4.69. The average molecular weight is 438 g/mol. The molecule has 2 aromatic carbocycles. The number of anilines is 1. The third kappa shape index (κ3) is 5.74. The minimum atomic E-state index is -0.0436. The third-order valence-corrected chi connectivity index (χ3v) is 6.28. The number of rotatable bonds is 9. The van der Waals surface area contributed by atoms with E-state index in [1.165, 1.54) is 17.3 Å². The van der Waals surface area contributed by atoms with Crippen molar-refractivity contribution in [3.8, 4) is 0 Å². The number of benzene rings is 2. The van der Waals surface area contributed by atoms with Crippen LogP contribution in [0.15, 0.2) is 53.7 Å². The maximum Gasteiger partial charge on any atom is 0.234 e. The van der Waals surface area contributed by atoms with Crippen molar-refractivity contribution in [3.05, 3.63) is 71.0 Å². The quantitative estimate of drug-likeness (QED) is 0.492. The van der Waals surface area contributed by atoms with Crippen LogP contribution >= 0.6 is 11.8 Å². The molecule has 0 radical (unpaired) electrons. The van der Waals surface area contributed by atoms with Gasteiger partial charge in [-0.1, -0.05) is 67.2 Å². The molecule has 1 heterocycles. The first-order valence-electron chi connectivity index (χ1n) is 10.5. The van der Waals surface area contributed by atoms with Gasteiger partial charge >= 0.3 is 0 Å². The third-order valence-electron chi connectivity index (χ3n) is 5.31. The molecule has 1 aromatic heterocycles. The maximum atomic E-state index is 12.7. The topological polar surface area (TPSA) is 63.1 Å². The summed E-state index contributed by atoms with van der Waals surface area (Å²) in [6.07, 6.45) is 0.928. The summed E-state index contributed by atoms with van der Waals surface area (Å²) in [5.74, 6) is 1.16. The standard InChI is InChI=1S/C24H31N5OS/c1-6-20(28(4)5)23-26-27-24(29(23)15-19-13-8-7-9-14-19)31-16-21(30)25-22-17(2)11-10-12-18(22)3/h7-14,20H,6,15-16H2,1-5H3,(H,25,30). The van der Waals surface area contributed by atoms with Crippen LogP contribution in [-0.2, 0) is 11.3 Å². The van der Waals surface area contributed by atoms with Crippen LogP contribution in [0.4, 0.5) is 5.69 Å². The highest BCUT2D eigenvalue weighted by Gasteiger charge is 2.22. The van der Waals surface area contributed by atoms with Gasteiger partial charge in [0.2, 0.25) is 5.91 Å². The molecule has 0 saturated carbocycles. The van der Waals surface area contributed by atoms with Crippen molar-refractivity contribution < 1.29 is 4.79 Å². The fourth-order valence-electron chi connectivity index (χ4n) is 3.66. The first kappa shape index (κ1) is 23.0. The van der Waals surface area contributed by atoms with Crippen molar-refractivity contribution in [2.24, 2.45) is 0 Å². The highest BCUT2D eigenvalue weighted by Crippen LogP contribution is 2.27. The lowest BCUT2D eigenvalue weighted by atomic mass is 10.1. The van der Waals surface area contributed by atoms with Gasteiger partial charge in [0.15, 0.2) is 11.0 Å². The molecule has 0 spiro atoms. The van der Waals surface area contributed by atoms with Gasteiger partial charge in [0.05, 0.1) is 18.3 Å². The second-order valence-corrected chi connectivity index (χ2v) is 8.85. The van der Waals surface area contributed by atoms with Gasteiger partial charge in [-0.3, -0.25) is 9.69 Å². The van der Waals surface area contributed by atoms with E-state index in [2.05, 4.69) is 58.1 Å². The van der Waals surface area contributed by atoms with Gasteiger partial charge in [0.1, 0.15) is 0 Å². The number of nitrogens with one attached hydrogen (secondary N) is 1. The first-order valence-corrected chi connectivity index (χ1v) is 11.5. The number of aromatic nitrogens is 3. The Morgan fingerprint density at radius 1 is 1.06 bits per heavy atom. The van der Waals surface area contributed by atoms with Gasteiger partial charge in [0.25, 0.3) is 0 Å². The van der Waals surface area contributed by atoms with E-state index in [9.17, 15) is 4.79 Å². The Morgan fingerprint density at radius 2 is 1.74 bits per heavy atom. The molecule has 0 aliphatic carbocycles. The molecule has 31 heavy (non-hydrogen) atoms. The number of carbonyl (C=O) groups is 1. The summed E-state index contributed by atoms with van der Waals surface area (Å²) in [7, 11) is 4.11. The fraction of sp³-hybridized carbons (Fsp3) is 0.375. The van der Waals surface area contributed by atoms with Crippen molar-refractivity contribution in [1.82, 2.24) is 19.7 Å². The van der Waals surface area contributed by atoms with E-state index in [1.54, 1.807) is 0 Å². The summed E-state index contributed by atoms with van der Waals surface area (Å²) in [4.78, 5) is 14.8. The number of thioether (sulfide) groups is 1. The van der Waals surface area contributed by atoms with E-state index in [-0.39, 0.29) is 17.7 Å². The summed E-state index contributed by atoms with van der Waals surface area (Å²) in [5, 5.41) is 12.8. The summed E-state index contributed by atoms with van der Waals surface area (Å²) in [6.45, 7) is 6.83. The fourth-order valence-corrected chi connectivity index (χ4v) is 4.41. The number of nitrogens with zero attached hydrogens (tertiary/aromatic N) is 4. The molecular weight excluding hydrogens is 406 g/mol. The van der Waals surface area contributed by atoms with Crippen molar-refractivity contribution in [2.45, 2.75) is 44.9 Å². The Morgan fingerprint density at radius 3 is 2.35 bits per heavy atom. The molecule has 3 rings (SSSR count). The Balaban J connectivity index is 1.80. The van der Waals surface area contributed by atoms with Gasteiger partial charge in [0, 0.05) is 5.69 Å². The molecule has 164 valence electrons. The molecule has 0 aliphatic heterocycles. The molecule has 1 N–H and O–H groups in total. The normalized spacial score (nSPS) is 12.2. The molecule has 0 fully saturated rings. The van der Waals surface area contributed by atoms with Crippen LogP contribution in [-0.4, -0.2) is 45.4 Å². The Bertz CT molecular complexity index is 996. The SMILES string of the molecule is CCC(c1nnc(SCC(=O)Nc2c(C)cccc2C)n1Cc1ccccc1)N(C)C. The Labute approximate surface area is 189 Å². The van der Waals surface area contributed by atoms with E-state index in [1.807, 2.05) is 50.2 Å². The molecule has 0 saturated heterocycles. The molecule has 1 unspecified atom stereocenters. The number of carbonyl (C=O) groups excluding carboxylic acids is 1. The molecule has 7 heteroatoms. The van der Waals surface area contributed by atoms with Gasteiger partial charge in [-0.25, -0.2) is 0 Å². The van der Waals surface area contributed by atoms with Crippen molar-refractivity contribution in [3.63, 3.8) is 0 Å². The van der Waals surface area contributed by atoms with E-state index in [4.69, 9.17) is 0 Å². The monoisotopic (exact) mass is 437 g/mol. The number of aryl methyl sites for hydroxylation is 2. The number of hydrogen-bond acceptors (Lipinski definition) is 5. The predicted molar refractivity (Wildman–Crippen MR) is 128 cm³/mol. The molecule has 0 bridgehead atoms. The number of para-hydroxylation sites is 1. The Kier molecular flexibility index (Phi) is 7.87. The van der Waals surface area contributed by atoms with Gasteiger partial charge in [-0.15, -0.1) is 10.2 Å². The molecule has 3 aromatic rings. The minimum absolute atomic E-state index is 0.0436. The van der Waals surface area contributed by atoms with Crippen LogP contribution in [0.1, 0.15) is 41.9 Å². The van der Waals surface area contributed by atoms with Crippen LogP contribution in [0.25, 0.3) is 0 Å². The number of hydrogen-bond donors (Lipinski definition) is 1. The van der Waals surface area contributed by atoms with Gasteiger partial charge in [-0.05, 0) is 51.1 Å². The van der Waals surface area contributed by atoms with Crippen molar-refractivity contribution in [1.29, 1.82) is 0 Å². The minimum Gasteiger partial charge on any atom is -0.325 e. The first-order chi connectivity index (χ1) is 14.9.